The average molecular weight is 352 g/mol. The van der Waals surface area contributed by atoms with Crippen LogP contribution >= 0.6 is 15.9 Å². The monoisotopic (exact) mass is 351 g/mol. The molecule has 0 aliphatic heterocycles. The molecule has 1 aliphatic rings. The first-order valence-corrected chi connectivity index (χ1v) is 8.14. The van der Waals surface area contributed by atoms with Crippen molar-refractivity contribution in [3.8, 4) is 5.88 Å². The minimum absolute atomic E-state index is 0.127. The second-order valence-corrected chi connectivity index (χ2v) is 6.07. The molecule has 114 valence electrons. The summed E-state index contributed by atoms with van der Waals surface area (Å²) in [6.07, 6.45) is 9.60. The van der Waals surface area contributed by atoms with E-state index in [-0.39, 0.29) is 6.10 Å². The summed E-state index contributed by atoms with van der Waals surface area (Å²) in [6, 6.07) is 1.96. The summed E-state index contributed by atoms with van der Waals surface area (Å²) in [6.45, 7) is 4.96. The van der Waals surface area contributed by atoms with Crippen LogP contribution in [0.2, 0.25) is 0 Å². The van der Waals surface area contributed by atoms with Gasteiger partial charge < -0.3 is 9.64 Å². The van der Waals surface area contributed by atoms with Gasteiger partial charge in [-0.25, -0.2) is 9.98 Å². The van der Waals surface area contributed by atoms with Gasteiger partial charge in [0.25, 0.3) is 0 Å². The predicted octanol–water partition coefficient (Wildman–Crippen LogP) is 4.25. The van der Waals surface area contributed by atoms with E-state index in [2.05, 4.69) is 45.0 Å². The van der Waals surface area contributed by atoms with Crippen LogP contribution in [0.15, 0.2) is 27.7 Å². The van der Waals surface area contributed by atoms with E-state index >= 15 is 0 Å². The predicted molar refractivity (Wildman–Crippen MR) is 90.5 cm³/mol. The minimum atomic E-state index is 0.127. The molecule has 1 unspecified atom stereocenters. The molecule has 0 bridgehead atoms. The van der Waals surface area contributed by atoms with Crippen molar-refractivity contribution in [2.45, 2.75) is 39.2 Å². The standard InChI is InChI=1S/C16H22BrN3O/c1-4-20(3)11-18-15-10-14(17)16(19-12(15)2)21-13-8-6-5-7-9-13/h6,8,10-11,13H,4-5,7,9H2,1-3H3. The zero-order valence-corrected chi connectivity index (χ0v) is 14.4. The lowest BCUT2D eigenvalue weighted by molar-refractivity contribution is 0.219. The fourth-order valence-electron chi connectivity index (χ4n) is 2.03. The summed E-state index contributed by atoms with van der Waals surface area (Å²) in [7, 11) is 1.99. The van der Waals surface area contributed by atoms with E-state index in [1.165, 1.54) is 6.42 Å². The first-order chi connectivity index (χ1) is 10.1. The Morgan fingerprint density at radius 2 is 2.38 bits per heavy atom. The highest BCUT2D eigenvalue weighted by Gasteiger charge is 2.14. The van der Waals surface area contributed by atoms with Crippen LogP contribution in [0.5, 0.6) is 5.88 Å². The van der Waals surface area contributed by atoms with Gasteiger partial charge in [0.2, 0.25) is 5.88 Å². The normalized spacial score (nSPS) is 18.2. The van der Waals surface area contributed by atoms with Crippen LogP contribution < -0.4 is 4.74 Å². The van der Waals surface area contributed by atoms with Crippen LogP contribution in [0, 0.1) is 6.92 Å². The molecule has 1 aromatic heterocycles. The van der Waals surface area contributed by atoms with Crippen LogP contribution in [-0.2, 0) is 0 Å². The van der Waals surface area contributed by atoms with Gasteiger partial charge in [-0.3, -0.25) is 0 Å². The van der Waals surface area contributed by atoms with Crippen LogP contribution in [0.4, 0.5) is 5.69 Å². The molecule has 21 heavy (non-hydrogen) atoms. The largest absolute Gasteiger partial charge is 0.469 e. The minimum Gasteiger partial charge on any atom is -0.469 e. The number of halogens is 1. The average Bonchev–Trinajstić information content (AvgIpc) is 2.50. The number of aromatic nitrogens is 1. The fraction of sp³-hybridized carbons (Fsp3) is 0.500. The Morgan fingerprint density at radius 1 is 1.57 bits per heavy atom. The van der Waals surface area contributed by atoms with E-state index < -0.39 is 0 Å². The van der Waals surface area contributed by atoms with Crippen LogP contribution in [-0.4, -0.2) is 35.9 Å². The second-order valence-electron chi connectivity index (χ2n) is 5.21. The van der Waals surface area contributed by atoms with E-state index in [0.717, 1.165) is 35.2 Å². The number of rotatable bonds is 5. The first kappa shape index (κ1) is 16.0. The number of ether oxygens (including phenoxy) is 1. The Balaban J connectivity index is 2.14. The van der Waals surface area contributed by atoms with E-state index in [1.54, 1.807) is 0 Å². The Morgan fingerprint density at radius 3 is 3.05 bits per heavy atom. The molecule has 1 aliphatic carbocycles. The highest BCUT2D eigenvalue weighted by Crippen LogP contribution is 2.31. The molecule has 2 rings (SSSR count). The molecule has 1 heterocycles. The number of aliphatic imine (C=N–C) groups is 1. The zero-order valence-electron chi connectivity index (χ0n) is 12.8. The highest BCUT2D eigenvalue weighted by molar-refractivity contribution is 9.10. The molecule has 0 fully saturated rings. The molecular formula is C16H22BrN3O. The lowest BCUT2D eigenvalue weighted by atomic mass is 10.1. The van der Waals surface area contributed by atoms with Gasteiger partial charge in [-0.15, -0.1) is 0 Å². The summed E-state index contributed by atoms with van der Waals surface area (Å²) in [5.41, 5.74) is 1.72. The zero-order chi connectivity index (χ0) is 15.2. The fourth-order valence-corrected chi connectivity index (χ4v) is 2.43. The number of hydrogen-bond donors (Lipinski definition) is 0. The van der Waals surface area contributed by atoms with E-state index in [0.29, 0.717) is 5.88 Å². The van der Waals surface area contributed by atoms with Crippen LogP contribution in [0.3, 0.4) is 0 Å². The van der Waals surface area contributed by atoms with Gasteiger partial charge in [-0.1, -0.05) is 6.08 Å². The third-order valence-electron chi connectivity index (χ3n) is 3.47. The highest BCUT2D eigenvalue weighted by atomic mass is 79.9. The van der Waals surface area contributed by atoms with Crippen molar-refractivity contribution in [3.05, 3.63) is 28.4 Å². The molecule has 0 amide bonds. The SMILES string of the molecule is CCN(C)C=Nc1cc(Br)c(OC2C=CCCC2)nc1C. The van der Waals surface area contributed by atoms with Gasteiger partial charge in [-0.2, -0.15) is 0 Å². The Bertz CT molecular complexity index is 543. The Labute approximate surface area is 135 Å². The molecule has 1 atom stereocenters. The van der Waals surface area contributed by atoms with Crippen molar-refractivity contribution in [1.29, 1.82) is 0 Å². The number of hydrogen-bond acceptors (Lipinski definition) is 3. The lowest BCUT2D eigenvalue weighted by Crippen LogP contribution is -2.17. The van der Waals surface area contributed by atoms with E-state index in [1.807, 2.05) is 31.3 Å². The molecule has 0 aromatic carbocycles. The van der Waals surface area contributed by atoms with Crippen LogP contribution in [0.25, 0.3) is 0 Å². The summed E-state index contributed by atoms with van der Waals surface area (Å²) in [5, 5.41) is 0. The number of allylic oxidation sites excluding steroid dienone is 1. The van der Waals surface area contributed by atoms with E-state index in [9.17, 15) is 0 Å². The number of pyridine rings is 1. The maximum Gasteiger partial charge on any atom is 0.228 e. The van der Waals surface area contributed by atoms with Crippen LogP contribution in [0.1, 0.15) is 31.9 Å². The molecule has 1 aromatic rings. The number of aryl methyl sites for hydroxylation is 1. The molecule has 5 heteroatoms. The topological polar surface area (TPSA) is 37.7 Å². The first-order valence-electron chi connectivity index (χ1n) is 7.35. The molecule has 0 saturated carbocycles. The third kappa shape index (κ3) is 4.56. The van der Waals surface area contributed by atoms with Crippen molar-refractivity contribution >= 4 is 28.0 Å². The van der Waals surface area contributed by atoms with Crippen molar-refractivity contribution in [2.24, 2.45) is 4.99 Å². The van der Waals surface area contributed by atoms with Crippen molar-refractivity contribution in [3.63, 3.8) is 0 Å². The van der Waals surface area contributed by atoms with Gasteiger partial charge in [0.1, 0.15) is 6.10 Å². The summed E-state index contributed by atoms with van der Waals surface area (Å²) >= 11 is 3.53. The molecule has 0 saturated heterocycles. The smallest absolute Gasteiger partial charge is 0.228 e. The summed E-state index contributed by atoms with van der Waals surface area (Å²) in [4.78, 5) is 11.0. The lowest BCUT2D eigenvalue weighted by Gasteiger charge is -2.19. The summed E-state index contributed by atoms with van der Waals surface area (Å²) in [5.74, 6) is 0.645. The quantitative estimate of drug-likeness (QED) is 0.452. The van der Waals surface area contributed by atoms with E-state index in [4.69, 9.17) is 4.74 Å². The number of nitrogens with zero attached hydrogens (tertiary/aromatic N) is 3. The van der Waals surface area contributed by atoms with Gasteiger partial charge >= 0.3 is 0 Å². The van der Waals surface area contributed by atoms with Gasteiger partial charge in [-0.05, 0) is 61.2 Å². The van der Waals surface area contributed by atoms with Crippen molar-refractivity contribution in [1.82, 2.24) is 9.88 Å². The maximum atomic E-state index is 5.96. The molecular weight excluding hydrogens is 330 g/mol. The Kier molecular flexibility index (Phi) is 5.79. The van der Waals surface area contributed by atoms with Gasteiger partial charge in [0.15, 0.2) is 0 Å². The third-order valence-corrected chi connectivity index (χ3v) is 4.04. The summed E-state index contributed by atoms with van der Waals surface area (Å²) < 4.78 is 6.81. The van der Waals surface area contributed by atoms with Crippen molar-refractivity contribution < 1.29 is 4.74 Å². The van der Waals surface area contributed by atoms with Gasteiger partial charge in [0, 0.05) is 13.6 Å². The maximum absolute atomic E-state index is 5.96. The molecule has 4 nitrogen and oxygen atoms in total. The second kappa shape index (κ2) is 7.59. The Hall–Kier alpha value is -1.36. The molecule has 0 N–H and O–H groups in total. The molecule has 0 spiro atoms. The van der Waals surface area contributed by atoms with Gasteiger partial charge in [0.05, 0.1) is 22.2 Å². The van der Waals surface area contributed by atoms with Crippen molar-refractivity contribution in [2.75, 3.05) is 13.6 Å². The molecule has 0 radical (unpaired) electrons.